The Hall–Kier alpha value is -1.17. The van der Waals surface area contributed by atoms with Crippen LogP contribution in [0.4, 0.5) is 5.69 Å². The molecule has 0 saturated carbocycles. The maximum absolute atomic E-state index is 11.0. The second-order valence-corrected chi connectivity index (χ2v) is 6.21. The quantitative estimate of drug-likeness (QED) is 0.566. The third-order valence-corrected chi connectivity index (χ3v) is 4.28. The Kier molecular flexibility index (Phi) is 5.10. The van der Waals surface area contributed by atoms with Gasteiger partial charge in [-0.05, 0) is 44.4 Å². The molecule has 0 fully saturated rings. The van der Waals surface area contributed by atoms with Crippen molar-refractivity contribution in [3.8, 4) is 5.75 Å². The van der Waals surface area contributed by atoms with Gasteiger partial charge in [-0.2, -0.15) is 0 Å². The van der Waals surface area contributed by atoms with Gasteiger partial charge in [0.1, 0.15) is 5.75 Å². The smallest absolute Gasteiger partial charge is 0.222 e. The molecule has 0 aliphatic rings. The van der Waals surface area contributed by atoms with Crippen molar-refractivity contribution in [3.63, 3.8) is 0 Å². The molecule has 22 heavy (non-hydrogen) atoms. The molecule has 1 atom stereocenters. The molecule has 2 aromatic rings. The van der Waals surface area contributed by atoms with Gasteiger partial charge in [0.05, 0.1) is 15.1 Å². The average Bonchev–Trinajstić information content (AvgIpc) is 2.45. The van der Waals surface area contributed by atoms with E-state index >= 15 is 0 Å². The van der Waals surface area contributed by atoms with Gasteiger partial charge in [0.15, 0.2) is 0 Å². The van der Waals surface area contributed by atoms with Crippen LogP contribution in [0.1, 0.15) is 5.56 Å². The van der Waals surface area contributed by atoms with Gasteiger partial charge >= 0.3 is 0 Å². The number of aromatic hydroxyl groups is 1. The summed E-state index contributed by atoms with van der Waals surface area (Å²) in [5.41, 5.74) is 1.04. The first-order valence-corrected chi connectivity index (χ1v) is 7.49. The van der Waals surface area contributed by atoms with Crippen LogP contribution in [0.15, 0.2) is 36.4 Å². The summed E-state index contributed by atoms with van der Waals surface area (Å²) < 4.78 is 0. The van der Waals surface area contributed by atoms with Crippen molar-refractivity contribution < 1.29 is 10.2 Å². The van der Waals surface area contributed by atoms with Crippen LogP contribution in [0.25, 0.3) is 0 Å². The first-order valence-electron chi connectivity index (χ1n) is 6.36. The van der Waals surface area contributed by atoms with Crippen molar-refractivity contribution in [2.24, 2.45) is 0 Å². The molecule has 0 bridgehead atoms. The lowest BCUT2D eigenvalue weighted by Crippen LogP contribution is -2.48. The number of phenols is 1. The highest BCUT2D eigenvalue weighted by Gasteiger charge is 2.32. The Bertz CT molecular complexity index is 694. The highest BCUT2D eigenvalue weighted by molar-refractivity contribution is 6.42. The van der Waals surface area contributed by atoms with Crippen molar-refractivity contribution in [1.82, 2.24) is 4.90 Å². The summed E-state index contributed by atoms with van der Waals surface area (Å²) in [6.45, 7) is 0. The molecule has 0 radical (unpaired) electrons. The highest BCUT2D eigenvalue weighted by Crippen LogP contribution is 2.33. The van der Waals surface area contributed by atoms with Gasteiger partial charge in [0, 0.05) is 11.3 Å². The average molecular weight is 362 g/mol. The molecular weight excluding hydrogens is 347 g/mol. The Balaban J connectivity index is 2.43. The highest BCUT2D eigenvalue weighted by atomic mass is 35.5. The predicted molar refractivity (Wildman–Crippen MR) is 90.8 cm³/mol. The van der Waals surface area contributed by atoms with E-state index in [0.717, 1.165) is 0 Å². The van der Waals surface area contributed by atoms with E-state index in [4.69, 9.17) is 34.8 Å². The van der Waals surface area contributed by atoms with Gasteiger partial charge < -0.3 is 15.5 Å². The van der Waals surface area contributed by atoms with Crippen molar-refractivity contribution >= 4 is 40.5 Å². The number of phenolic OH excluding ortho intramolecular Hbond substituents is 1. The van der Waals surface area contributed by atoms with Gasteiger partial charge in [-0.25, -0.2) is 0 Å². The summed E-state index contributed by atoms with van der Waals surface area (Å²) in [5.74, 6) is -1.57. The van der Waals surface area contributed by atoms with Crippen LogP contribution in [0.3, 0.4) is 0 Å². The maximum atomic E-state index is 11.0. The van der Waals surface area contributed by atoms with Crippen LogP contribution in [0.5, 0.6) is 5.75 Å². The zero-order valence-electron chi connectivity index (χ0n) is 11.9. The minimum absolute atomic E-state index is 0.0323. The second-order valence-electron chi connectivity index (χ2n) is 4.99. The lowest BCUT2D eigenvalue weighted by Gasteiger charge is -2.36. The lowest BCUT2D eigenvalue weighted by atomic mass is 10.1. The number of anilines is 1. The molecule has 0 spiro atoms. The van der Waals surface area contributed by atoms with E-state index in [0.29, 0.717) is 21.3 Å². The molecule has 0 aliphatic carbocycles. The van der Waals surface area contributed by atoms with Gasteiger partial charge in [-0.15, -0.1) is 0 Å². The molecule has 0 aromatic heterocycles. The minimum Gasteiger partial charge on any atom is -0.506 e. The van der Waals surface area contributed by atoms with E-state index in [-0.39, 0.29) is 10.8 Å². The Labute approximate surface area is 143 Å². The standard InChI is InChI=1S/C15H15Cl3N2O2/c1-20(2)15(22,9-3-5-11(16)12(17)7-9)19-10-4-6-14(21)13(18)8-10/h3-8,19,21-22H,1-2H3. The number of aliphatic hydroxyl groups is 1. The topological polar surface area (TPSA) is 55.7 Å². The summed E-state index contributed by atoms with van der Waals surface area (Å²) in [4.78, 5) is 1.58. The number of nitrogens with zero attached hydrogens (tertiary/aromatic N) is 1. The molecule has 118 valence electrons. The Morgan fingerprint density at radius 2 is 1.64 bits per heavy atom. The van der Waals surface area contributed by atoms with E-state index in [1.165, 1.54) is 12.1 Å². The number of nitrogens with one attached hydrogen (secondary N) is 1. The first-order chi connectivity index (χ1) is 10.2. The minimum atomic E-state index is -1.53. The summed E-state index contributed by atoms with van der Waals surface area (Å²) in [6.07, 6.45) is 0. The molecular formula is C15H15Cl3N2O2. The van der Waals surface area contributed by atoms with Crippen molar-refractivity contribution in [2.45, 2.75) is 5.85 Å². The molecule has 1 unspecified atom stereocenters. The van der Waals surface area contributed by atoms with Crippen molar-refractivity contribution in [1.29, 1.82) is 0 Å². The van der Waals surface area contributed by atoms with Gasteiger partial charge in [0.2, 0.25) is 5.85 Å². The molecule has 2 aromatic carbocycles. The first kappa shape index (κ1) is 17.2. The van der Waals surface area contributed by atoms with E-state index in [1.54, 1.807) is 43.3 Å². The van der Waals surface area contributed by atoms with Gasteiger partial charge in [-0.1, -0.05) is 40.9 Å². The third-order valence-electron chi connectivity index (χ3n) is 3.24. The fourth-order valence-electron chi connectivity index (χ4n) is 1.94. The van der Waals surface area contributed by atoms with Crippen LogP contribution in [0, 0.1) is 0 Å². The number of hydrogen-bond donors (Lipinski definition) is 3. The number of benzene rings is 2. The van der Waals surface area contributed by atoms with Crippen LogP contribution < -0.4 is 5.32 Å². The number of halogens is 3. The normalized spacial score (nSPS) is 14.0. The zero-order chi connectivity index (χ0) is 16.5. The SMILES string of the molecule is CN(C)C(O)(Nc1ccc(O)c(Cl)c1)c1ccc(Cl)c(Cl)c1. The third kappa shape index (κ3) is 3.42. The fourth-order valence-corrected chi connectivity index (χ4v) is 2.42. The summed E-state index contributed by atoms with van der Waals surface area (Å²) >= 11 is 17.8. The fraction of sp³-hybridized carbons (Fsp3) is 0.200. The lowest BCUT2D eigenvalue weighted by molar-refractivity contribution is -0.0627. The molecule has 3 N–H and O–H groups in total. The second kappa shape index (κ2) is 6.52. The monoisotopic (exact) mass is 360 g/mol. The van der Waals surface area contributed by atoms with E-state index in [2.05, 4.69) is 5.32 Å². The Morgan fingerprint density at radius 1 is 0.955 bits per heavy atom. The van der Waals surface area contributed by atoms with Gasteiger partial charge in [0.25, 0.3) is 0 Å². The van der Waals surface area contributed by atoms with Crippen LogP contribution >= 0.6 is 34.8 Å². The van der Waals surface area contributed by atoms with Crippen LogP contribution in [0.2, 0.25) is 15.1 Å². The summed E-state index contributed by atoms with van der Waals surface area (Å²) in [7, 11) is 3.41. The molecule has 4 nitrogen and oxygen atoms in total. The molecule has 0 amide bonds. The zero-order valence-corrected chi connectivity index (χ0v) is 14.2. The van der Waals surface area contributed by atoms with E-state index < -0.39 is 5.85 Å². The van der Waals surface area contributed by atoms with Crippen molar-refractivity contribution in [3.05, 3.63) is 57.0 Å². The van der Waals surface area contributed by atoms with E-state index in [1.807, 2.05) is 0 Å². The molecule has 0 heterocycles. The predicted octanol–water partition coefficient (Wildman–Crippen LogP) is 4.13. The summed E-state index contributed by atoms with van der Waals surface area (Å²) in [6, 6.07) is 9.42. The number of rotatable bonds is 4. The maximum Gasteiger partial charge on any atom is 0.222 e. The molecule has 0 aliphatic heterocycles. The molecule has 2 rings (SSSR count). The molecule has 7 heteroatoms. The molecule has 0 saturated heterocycles. The Morgan fingerprint density at radius 3 is 2.18 bits per heavy atom. The van der Waals surface area contributed by atoms with Gasteiger partial charge in [-0.3, -0.25) is 4.90 Å². The van der Waals surface area contributed by atoms with E-state index in [9.17, 15) is 10.2 Å². The van der Waals surface area contributed by atoms with Crippen molar-refractivity contribution in [2.75, 3.05) is 19.4 Å². The largest absolute Gasteiger partial charge is 0.506 e. The summed E-state index contributed by atoms with van der Waals surface area (Å²) in [5, 5.41) is 24.4. The van der Waals surface area contributed by atoms with Crippen LogP contribution in [-0.2, 0) is 5.85 Å². The number of hydrogen-bond acceptors (Lipinski definition) is 4. The van der Waals surface area contributed by atoms with Crippen LogP contribution in [-0.4, -0.2) is 29.2 Å².